The van der Waals surface area contributed by atoms with Crippen LogP contribution in [0.2, 0.25) is 0 Å². The summed E-state index contributed by atoms with van der Waals surface area (Å²) in [4.78, 5) is 206. The van der Waals surface area contributed by atoms with Gasteiger partial charge in [-0.25, -0.2) is 8.42 Å². The molecule has 112 heavy (non-hydrogen) atoms. The molecule has 0 bridgehead atoms. The summed E-state index contributed by atoms with van der Waals surface area (Å²) >= 11 is 6.80. The van der Waals surface area contributed by atoms with Gasteiger partial charge in [0.2, 0.25) is 86.8 Å². The number of aliphatic hydroxyl groups is 1. The lowest BCUT2D eigenvalue weighted by Crippen LogP contribution is -2.62. The Morgan fingerprint density at radius 3 is 1.56 bits per heavy atom. The van der Waals surface area contributed by atoms with Gasteiger partial charge in [0.1, 0.15) is 54.4 Å². The van der Waals surface area contributed by atoms with Crippen LogP contribution in [0, 0.1) is 41.4 Å². The smallest absolute Gasteiger partial charge is 0.248 e. The third kappa shape index (κ3) is 30.1. The summed E-state index contributed by atoms with van der Waals surface area (Å²) in [6.07, 6.45) is 3.73. The zero-order chi connectivity index (χ0) is 84.7. The molecular formula is C79H138ClN13O18S. The number of aliphatic hydroxyl groups excluding tert-OH is 1. The summed E-state index contributed by atoms with van der Waals surface area (Å²) in [7, 11) is 5.71. The van der Waals surface area contributed by atoms with E-state index in [0.717, 1.165) is 22.5 Å². The maximum Gasteiger partial charge on any atom is 0.248 e. The number of hydrogen-bond donors (Lipinski definition) is 6. The Morgan fingerprint density at radius 2 is 1.05 bits per heavy atom. The molecule has 4 rings (SSSR count). The van der Waals surface area contributed by atoms with Gasteiger partial charge in [-0.2, -0.15) is 0 Å². The summed E-state index contributed by atoms with van der Waals surface area (Å²) in [5.74, 6) is -12.6. The minimum Gasteiger partial charge on any atom is -0.391 e. The van der Waals surface area contributed by atoms with E-state index in [4.69, 9.17) is 21.1 Å². The number of alkyl halides is 1. The molecular weight excluding hydrogens is 1490 g/mol. The summed E-state index contributed by atoms with van der Waals surface area (Å²) < 4.78 is 38.6. The second-order valence-electron chi connectivity index (χ2n) is 34.6. The number of nitrogens with zero attached hydrogens (tertiary/aromatic N) is 8. The molecule has 0 radical (unpaired) electrons. The van der Waals surface area contributed by atoms with E-state index in [1.807, 2.05) is 53.2 Å². The van der Waals surface area contributed by atoms with Gasteiger partial charge < -0.3 is 75.0 Å². The highest BCUT2D eigenvalue weighted by Gasteiger charge is 2.46. The highest BCUT2D eigenvalue weighted by atomic mass is 35.5. The minimum atomic E-state index is -3.98. The largest absolute Gasteiger partial charge is 0.391 e. The summed E-state index contributed by atoms with van der Waals surface area (Å²) in [5, 5.41) is 22.7. The van der Waals surface area contributed by atoms with E-state index < -0.39 is 197 Å². The van der Waals surface area contributed by atoms with Crippen molar-refractivity contribution < 1.29 is 85.3 Å². The fraction of sp³-hybridized carbons (Fsp3) is 0.835. The molecule has 4 aliphatic rings. The van der Waals surface area contributed by atoms with Crippen molar-refractivity contribution in [1.29, 1.82) is 0 Å². The second-order valence-corrected chi connectivity index (χ2v) is 37.0. The number of sulfonamides is 1. The van der Waals surface area contributed by atoms with Crippen LogP contribution >= 0.6 is 11.6 Å². The molecule has 13 amide bonds. The Bertz CT molecular complexity index is 3310. The lowest BCUT2D eigenvalue weighted by molar-refractivity contribution is -0.152. The molecule has 15 atom stereocenters. The molecule has 2 saturated heterocycles. The molecule has 33 heteroatoms. The van der Waals surface area contributed by atoms with Crippen molar-refractivity contribution in [3.63, 3.8) is 0 Å². The van der Waals surface area contributed by atoms with E-state index in [1.54, 1.807) is 39.5 Å². The van der Waals surface area contributed by atoms with Crippen LogP contribution < -0.4 is 26.0 Å². The lowest BCUT2D eigenvalue weighted by Gasteiger charge is -2.39. The van der Waals surface area contributed by atoms with Crippen molar-refractivity contribution in [1.82, 2.24) is 65.2 Å². The van der Waals surface area contributed by atoms with E-state index in [-0.39, 0.29) is 99.3 Å². The molecule has 640 valence electrons. The monoisotopic (exact) mass is 1620 g/mol. The fourth-order valence-electron chi connectivity index (χ4n) is 15.4. The first-order valence-electron chi connectivity index (χ1n) is 40.5. The Balaban J connectivity index is 2.04. The number of halogens is 1. The van der Waals surface area contributed by atoms with Crippen LogP contribution in [-0.4, -0.2) is 302 Å². The average Bonchev–Trinajstić information content (AvgIpc) is 0.820. The number of carbonyl (C=O) groups excluding carboxylic acids is 13. The number of likely N-dealkylation sites (tertiary alicyclic amines) is 1. The van der Waals surface area contributed by atoms with Gasteiger partial charge in [0.15, 0.2) is 0 Å². The van der Waals surface area contributed by atoms with Gasteiger partial charge in [0.25, 0.3) is 0 Å². The molecule has 5 unspecified atom stereocenters. The quantitative estimate of drug-likeness (QED) is 0.0833. The highest BCUT2D eigenvalue weighted by molar-refractivity contribution is 7.89. The van der Waals surface area contributed by atoms with Crippen molar-refractivity contribution in [2.45, 2.75) is 290 Å². The Morgan fingerprint density at radius 1 is 0.571 bits per heavy atom. The van der Waals surface area contributed by atoms with Gasteiger partial charge in [0, 0.05) is 74.4 Å². The third-order valence-corrected chi connectivity index (χ3v) is 22.9. The molecule has 0 spiro atoms. The zero-order valence-corrected chi connectivity index (χ0v) is 72.5. The third-order valence-electron chi connectivity index (χ3n) is 21.9. The Labute approximate surface area is 671 Å². The number of carbonyl (C=O) groups is 13. The number of unbranched alkanes of at least 4 members (excludes halogenated alkanes) is 1. The number of ether oxygens (including phenoxy) is 2. The van der Waals surface area contributed by atoms with E-state index in [0.29, 0.717) is 64.5 Å². The van der Waals surface area contributed by atoms with Gasteiger partial charge in [-0.15, -0.1) is 11.6 Å². The van der Waals surface area contributed by atoms with Crippen molar-refractivity contribution in [2.24, 2.45) is 41.4 Å². The van der Waals surface area contributed by atoms with Crippen LogP contribution in [0.3, 0.4) is 0 Å². The predicted molar refractivity (Wildman–Crippen MR) is 425 cm³/mol. The van der Waals surface area contributed by atoms with Crippen molar-refractivity contribution in [2.75, 3.05) is 95.0 Å². The number of piperidine rings is 1. The number of rotatable bonds is 22. The fourth-order valence-corrected chi connectivity index (χ4v) is 16.3. The SMILES string of the molecule is CCCCN1CC(=O)N(C)[C@H](CC(C)C)C(=O)N(C)[C@H](CC(C)C)C(=O)N[C@H](COC(C)(C)C)C(=O)N(C)[C@H](CC(C)C)C(=O)N[C@H](C(=O)N2CCCCC2)CC(=O)N(C)CC(=O)N(C)[C@H](CC2CCCC(Cl)C2)C(=O)N[C@H](CC2CCC(C(=O)NS(C)(=O)=O)C(OC)C2)C(=O)N(C)[C@H](CC(C)C)C(=O)N[C@@H]([C@H](C)O)C1=O. The van der Waals surface area contributed by atoms with Crippen molar-refractivity contribution >= 4 is 98.4 Å². The molecule has 2 saturated carbocycles. The van der Waals surface area contributed by atoms with E-state index in [1.165, 1.54) is 80.8 Å². The molecule has 0 aromatic heterocycles. The zero-order valence-electron chi connectivity index (χ0n) is 70.9. The van der Waals surface area contributed by atoms with Crippen molar-refractivity contribution in [3.05, 3.63) is 0 Å². The van der Waals surface area contributed by atoms with Gasteiger partial charge in [0.05, 0.1) is 56.1 Å². The topological polar surface area (TPSA) is 381 Å². The average molecular weight is 1630 g/mol. The van der Waals surface area contributed by atoms with E-state index in [9.17, 15) is 27.9 Å². The second kappa shape index (κ2) is 44.9. The molecule has 2 heterocycles. The van der Waals surface area contributed by atoms with Gasteiger partial charge >= 0.3 is 0 Å². The summed E-state index contributed by atoms with van der Waals surface area (Å²) in [5.41, 5.74) is -0.871. The van der Waals surface area contributed by atoms with Crippen LogP contribution in [0.15, 0.2) is 0 Å². The Hall–Kier alpha value is -6.77. The number of methoxy groups -OCH3 is 1. The molecule has 0 aromatic rings. The maximum absolute atomic E-state index is 15.8. The maximum atomic E-state index is 15.8. The standard InChI is InChI=1S/C79H138ClN13O18S/c1-22-23-32-93-45-67(97)88(16)63(38-50(8)9)77(106)91(19)60(36-48(4)5)71(100)83-58(46-111-79(11,12)13)75(104)90(18)59(35-47(2)3)70(99)82-57(76(105)92-33-25-24-26-34-92)43-65(95)86(14)44-66(96)87(15)62(41-52-28-27-29-54(80)39-52)72(101)81-56(40-53-30-31-55(64(42-53)110-20)69(98)85-112(21,108)109)74(103)89(17)61(37-49(6)7)73(102)84-68(51(10)94)78(93)107/h47-64,68,94H,22-46H2,1-21H3,(H,81,101)(H,82,99)(H,83,100)(H,84,102)(H,85,98)/t51-,52?,53?,54?,55?,56+,57-,58+,59+,60+,61+,62+,63+,64?,68-/m0/s1. The molecule has 4 fully saturated rings. The van der Waals surface area contributed by atoms with E-state index in [2.05, 4.69) is 21.3 Å². The molecule has 2 aliphatic heterocycles. The summed E-state index contributed by atoms with van der Waals surface area (Å²) in [6, 6.07) is -12.8. The van der Waals surface area contributed by atoms with Crippen LogP contribution in [-0.2, 0) is 81.8 Å². The molecule has 31 nitrogen and oxygen atoms in total. The molecule has 6 N–H and O–H groups in total. The first kappa shape index (κ1) is 97.6. The minimum absolute atomic E-state index is 0.0305. The Kier molecular flexibility index (Phi) is 39.2. The molecule has 0 aromatic carbocycles. The van der Waals surface area contributed by atoms with Crippen LogP contribution in [0.25, 0.3) is 0 Å². The molecule has 2 aliphatic carbocycles. The lowest BCUT2D eigenvalue weighted by atomic mass is 9.76. The first-order valence-corrected chi connectivity index (χ1v) is 42.8. The number of hydrogen-bond acceptors (Lipinski definition) is 18. The van der Waals surface area contributed by atoms with Crippen LogP contribution in [0.4, 0.5) is 0 Å². The van der Waals surface area contributed by atoms with Crippen LogP contribution in [0.5, 0.6) is 0 Å². The van der Waals surface area contributed by atoms with Crippen molar-refractivity contribution in [3.8, 4) is 0 Å². The summed E-state index contributed by atoms with van der Waals surface area (Å²) in [6.45, 7) is 22.0. The number of likely N-dealkylation sites (N-methyl/N-ethyl adjacent to an activating group) is 6. The van der Waals surface area contributed by atoms with E-state index >= 15 is 47.9 Å². The first-order chi connectivity index (χ1) is 52.1. The number of nitrogens with one attached hydrogen (secondary N) is 5. The predicted octanol–water partition coefficient (Wildman–Crippen LogP) is 4.03. The highest BCUT2D eigenvalue weighted by Crippen LogP contribution is 2.36. The number of amides is 13. The normalized spacial score (nSPS) is 28.3. The van der Waals surface area contributed by atoms with Gasteiger partial charge in [-0.1, -0.05) is 81.6 Å². The van der Waals surface area contributed by atoms with Crippen LogP contribution in [0.1, 0.15) is 212 Å². The van der Waals surface area contributed by atoms with Gasteiger partial charge in [-0.3, -0.25) is 67.1 Å². The van der Waals surface area contributed by atoms with Gasteiger partial charge in [-0.05, 0) is 160 Å².